The van der Waals surface area contributed by atoms with Crippen LogP contribution in [0.15, 0.2) is 24.3 Å². The van der Waals surface area contributed by atoms with E-state index in [0.717, 1.165) is 0 Å². The molecule has 4 amide bonds. The number of hydrogen-bond donors (Lipinski definition) is 0. The standard InChI is InChI=1S/C14H20N2O5Si2/c1-22(2,9-15-11(17)5-6-12(15)18)21-23(3,4)10-16-13(19)7-8-14(16)20/h5-8H,9-10H2,1-4H3. The zero-order valence-electron chi connectivity index (χ0n) is 13.7. The average Bonchev–Trinajstić information content (AvgIpc) is 2.87. The number of carbonyl (C=O) groups is 4. The van der Waals surface area contributed by atoms with E-state index < -0.39 is 16.6 Å². The Morgan fingerprint density at radius 2 is 0.957 bits per heavy atom. The molecule has 0 radical (unpaired) electrons. The highest BCUT2D eigenvalue weighted by Crippen LogP contribution is 2.20. The molecule has 0 aromatic rings. The molecule has 0 N–H and O–H groups in total. The molecule has 0 saturated heterocycles. The number of carbonyl (C=O) groups excluding carboxylic acids is 4. The summed E-state index contributed by atoms with van der Waals surface area (Å²) in [5, 5.41) is 0. The highest BCUT2D eigenvalue weighted by molar-refractivity contribution is 6.85. The van der Waals surface area contributed by atoms with Gasteiger partial charge in [-0.2, -0.15) is 0 Å². The zero-order chi connectivity index (χ0) is 17.4. The number of amides is 4. The van der Waals surface area contributed by atoms with Crippen LogP contribution in [0.4, 0.5) is 0 Å². The largest absolute Gasteiger partial charge is 0.453 e. The van der Waals surface area contributed by atoms with Gasteiger partial charge in [0.2, 0.25) is 0 Å². The first-order valence-corrected chi connectivity index (χ1v) is 13.5. The molecule has 0 spiro atoms. The van der Waals surface area contributed by atoms with Gasteiger partial charge in [-0.05, 0) is 26.2 Å². The van der Waals surface area contributed by atoms with Gasteiger partial charge in [-0.1, -0.05) is 0 Å². The first kappa shape index (κ1) is 17.5. The Labute approximate surface area is 136 Å². The fourth-order valence-electron chi connectivity index (χ4n) is 2.75. The van der Waals surface area contributed by atoms with Gasteiger partial charge in [0, 0.05) is 36.6 Å². The van der Waals surface area contributed by atoms with Gasteiger partial charge in [-0.3, -0.25) is 29.0 Å². The number of imide groups is 2. The summed E-state index contributed by atoms with van der Waals surface area (Å²) in [7, 11) is -4.73. The molecule has 0 bridgehead atoms. The lowest BCUT2D eigenvalue weighted by atomic mass is 10.6. The summed E-state index contributed by atoms with van der Waals surface area (Å²) in [4.78, 5) is 49.1. The fraction of sp³-hybridized carbons (Fsp3) is 0.429. The SMILES string of the molecule is C[Si](C)(CN1C(=O)C=CC1=O)O[Si](C)(C)CN1C(=O)C=CC1=O. The van der Waals surface area contributed by atoms with Gasteiger partial charge in [0.05, 0.1) is 0 Å². The van der Waals surface area contributed by atoms with Crippen molar-refractivity contribution in [2.24, 2.45) is 0 Å². The molecule has 2 aliphatic rings. The van der Waals surface area contributed by atoms with Crippen LogP contribution in [-0.4, -0.2) is 62.4 Å². The van der Waals surface area contributed by atoms with E-state index in [1.165, 1.54) is 34.1 Å². The highest BCUT2D eigenvalue weighted by atomic mass is 28.4. The molecular formula is C14H20N2O5Si2. The van der Waals surface area contributed by atoms with Crippen LogP contribution in [0.1, 0.15) is 0 Å². The molecule has 0 saturated carbocycles. The fourth-order valence-corrected chi connectivity index (χ4v) is 11.4. The van der Waals surface area contributed by atoms with E-state index >= 15 is 0 Å². The van der Waals surface area contributed by atoms with Crippen molar-refractivity contribution in [3.05, 3.63) is 24.3 Å². The van der Waals surface area contributed by atoms with Crippen LogP contribution in [0, 0.1) is 0 Å². The topological polar surface area (TPSA) is 84.0 Å². The molecule has 0 aromatic heterocycles. The second kappa shape index (κ2) is 5.98. The van der Waals surface area contributed by atoms with E-state index in [4.69, 9.17) is 4.12 Å². The minimum atomic E-state index is -2.37. The average molecular weight is 352 g/mol. The van der Waals surface area contributed by atoms with Gasteiger partial charge < -0.3 is 4.12 Å². The van der Waals surface area contributed by atoms with Crippen molar-refractivity contribution >= 4 is 40.3 Å². The van der Waals surface area contributed by atoms with Crippen molar-refractivity contribution in [1.29, 1.82) is 0 Å². The monoisotopic (exact) mass is 352 g/mol. The second-order valence-electron chi connectivity index (χ2n) is 6.81. The normalized spacial score (nSPS) is 18.8. The maximum absolute atomic E-state index is 11.7. The first-order valence-electron chi connectivity index (χ1n) is 7.28. The minimum Gasteiger partial charge on any atom is -0.453 e. The Kier molecular flexibility index (Phi) is 4.55. The molecule has 0 aliphatic carbocycles. The van der Waals surface area contributed by atoms with Crippen molar-refractivity contribution in [3.63, 3.8) is 0 Å². The molecule has 0 atom stereocenters. The van der Waals surface area contributed by atoms with E-state index in [1.807, 2.05) is 26.2 Å². The van der Waals surface area contributed by atoms with Gasteiger partial charge in [0.25, 0.3) is 23.6 Å². The van der Waals surface area contributed by atoms with E-state index in [9.17, 15) is 19.2 Å². The molecule has 2 aliphatic heterocycles. The van der Waals surface area contributed by atoms with Crippen LogP contribution in [0.5, 0.6) is 0 Å². The summed E-state index contributed by atoms with van der Waals surface area (Å²) in [5.41, 5.74) is 0. The predicted molar refractivity (Wildman–Crippen MR) is 87.8 cm³/mol. The lowest BCUT2D eigenvalue weighted by Crippen LogP contribution is -2.57. The van der Waals surface area contributed by atoms with Crippen LogP contribution in [-0.2, 0) is 23.3 Å². The summed E-state index contributed by atoms with van der Waals surface area (Å²) < 4.78 is 6.27. The van der Waals surface area contributed by atoms with E-state index in [1.54, 1.807) is 0 Å². The Hall–Kier alpha value is -1.85. The molecule has 0 aromatic carbocycles. The molecule has 0 unspecified atom stereocenters. The van der Waals surface area contributed by atoms with Crippen LogP contribution in [0.25, 0.3) is 0 Å². The third-order valence-corrected chi connectivity index (χ3v) is 10.0. The molecule has 2 heterocycles. The Morgan fingerprint density at radius 3 is 1.22 bits per heavy atom. The molecule has 7 nitrogen and oxygen atoms in total. The van der Waals surface area contributed by atoms with Crippen LogP contribution < -0.4 is 0 Å². The van der Waals surface area contributed by atoms with Crippen LogP contribution >= 0.6 is 0 Å². The van der Waals surface area contributed by atoms with Crippen molar-refractivity contribution in [2.45, 2.75) is 26.2 Å². The number of nitrogens with zero attached hydrogens (tertiary/aromatic N) is 2. The van der Waals surface area contributed by atoms with Crippen molar-refractivity contribution in [3.8, 4) is 0 Å². The first-order chi connectivity index (χ1) is 10.5. The predicted octanol–water partition coefficient (Wildman–Crippen LogP) is 0.342. The van der Waals surface area contributed by atoms with Crippen LogP contribution in [0.2, 0.25) is 26.2 Å². The Morgan fingerprint density at radius 1 is 0.696 bits per heavy atom. The zero-order valence-corrected chi connectivity index (χ0v) is 15.7. The summed E-state index contributed by atoms with van der Waals surface area (Å²) in [5.74, 6) is -1.30. The lowest BCUT2D eigenvalue weighted by molar-refractivity contribution is -0.137. The highest BCUT2D eigenvalue weighted by Gasteiger charge is 2.40. The Bertz CT molecular complexity index is 549. The second-order valence-corrected chi connectivity index (χ2v) is 15.3. The van der Waals surface area contributed by atoms with E-state index in [-0.39, 0.29) is 36.0 Å². The molecule has 124 valence electrons. The van der Waals surface area contributed by atoms with Gasteiger partial charge >= 0.3 is 0 Å². The Balaban J connectivity index is 2.00. The third kappa shape index (κ3) is 4.12. The molecular weight excluding hydrogens is 332 g/mol. The molecule has 2 rings (SSSR count). The van der Waals surface area contributed by atoms with E-state index in [2.05, 4.69) is 0 Å². The number of rotatable bonds is 6. The molecule has 9 heteroatoms. The minimum absolute atomic E-state index is 0.258. The summed E-state index contributed by atoms with van der Waals surface area (Å²) in [6, 6.07) is 0. The van der Waals surface area contributed by atoms with E-state index in [0.29, 0.717) is 0 Å². The van der Waals surface area contributed by atoms with Gasteiger partial charge in [-0.25, -0.2) is 0 Å². The van der Waals surface area contributed by atoms with Gasteiger partial charge in [-0.15, -0.1) is 0 Å². The molecule has 0 fully saturated rings. The quantitative estimate of drug-likeness (QED) is 0.508. The van der Waals surface area contributed by atoms with Crippen LogP contribution in [0.3, 0.4) is 0 Å². The maximum Gasteiger partial charge on any atom is 0.253 e. The van der Waals surface area contributed by atoms with Crippen molar-refractivity contribution in [1.82, 2.24) is 9.80 Å². The number of hydrogen-bond acceptors (Lipinski definition) is 5. The summed E-state index contributed by atoms with van der Waals surface area (Å²) >= 11 is 0. The summed E-state index contributed by atoms with van der Waals surface area (Å²) in [6.45, 7) is 7.69. The third-order valence-electron chi connectivity index (χ3n) is 3.43. The van der Waals surface area contributed by atoms with Gasteiger partial charge in [0.15, 0.2) is 16.6 Å². The van der Waals surface area contributed by atoms with Crippen molar-refractivity contribution < 1.29 is 23.3 Å². The molecule has 23 heavy (non-hydrogen) atoms. The maximum atomic E-state index is 11.7. The van der Waals surface area contributed by atoms with Crippen molar-refractivity contribution in [2.75, 3.05) is 12.3 Å². The smallest absolute Gasteiger partial charge is 0.253 e. The summed E-state index contributed by atoms with van der Waals surface area (Å²) in [6.07, 6.45) is 5.53. The van der Waals surface area contributed by atoms with Gasteiger partial charge in [0.1, 0.15) is 0 Å². The lowest BCUT2D eigenvalue weighted by Gasteiger charge is -2.37.